The number of pyridine rings is 1. The Labute approximate surface area is 69.3 Å². The summed E-state index contributed by atoms with van der Waals surface area (Å²) in [6.07, 6.45) is 1.31. The van der Waals surface area contributed by atoms with Crippen LogP contribution in [0.3, 0.4) is 0 Å². The maximum Gasteiger partial charge on any atom is 0.310 e. The zero-order chi connectivity index (χ0) is 9.19. The van der Waals surface area contributed by atoms with Crippen LogP contribution in [-0.4, -0.2) is 20.8 Å². The molecule has 1 rings (SSSR count). The molecule has 0 saturated heterocycles. The van der Waals surface area contributed by atoms with Crippen LogP contribution >= 0.6 is 0 Å². The van der Waals surface area contributed by atoms with E-state index in [9.17, 15) is 13.0 Å². The first-order valence-electron chi connectivity index (χ1n) is 3.10. The van der Waals surface area contributed by atoms with E-state index in [1.54, 1.807) is 6.07 Å². The maximum absolute atomic E-state index is 12.1. The normalized spacial score (nSPS) is 15.9. The summed E-state index contributed by atoms with van der Waals surface area (Å²) in [5.41, 5.74) is 0. The number of nitrogens with zero attached hydrogens (tertiary/aromatic N) is 1. The number of alkyl halides is 2. The molecule has 0 aliphatic rings. The number of aromatic nitrogens is 1. The lowest BCUT2D eigenvalue weighted by Gasteiger charge is -2.05. The Bertz CT molecular complexity index is 347. The van der Waals surface area contributed by atoms with E-state index in [0.717, 1.165) is 0 Å². The Kier molecular flexibility index (Phi) is 2.42. The number of hydrogen-bond acceptors (Lipinski definition) is 2. The molecule has 1 unspecified atom stereocenters. The number of hydrogen-bond donors (Lipinski definition) is 0. The lowest BCUT2D eigenvalue weighted by molar-refractivity contribution is 0.242. The molecule has 5 heteroatoms. The minimum absolute atomic E-state index is 0.153. The molecule has 0 saturated carbocycles. The van der Waals surface area contributed by atoms with E-state index in [0.29, 0.717) is 0 Å². The van der Waals surface area contributed by atoms with Gasteiger partial charge < -0.3 is 0 Å². The zero-order valence-corrected chi connectivity index (χ0v) is 6.93. The minimum Gasteiger partial charge on any atom is -0.256 e. The Morgan fingerprint density at radius 3 is 2.58 bits per heavy atom. The summed E-state index contributed by atoms with van der Waals surface area (Å²) in [7, 11) is -3.52. The summed E-state index contributed by atoms with van der Waals surface area (Å²) >= 11 is 0. The van der Waals surface area contributed by atoms with Gasteiger partial charge in [-0.25, -0.2) is 4.98 Å². The molecule has 1 aromatic heterocycles. The number of halogens is 2. The summed E-state index contributed by atoms with van der Waals surface area (Å²) in [5, 5.41) is -0.153. The summed E-state index contributed by atoms with van der Waals surface area (Å²) in [5.74, 6) is -0.0104. The number of rotatable bonds is 2. The van der Waals surface area contributed by atoms with Gasteiger partial charge >= 0.3 is 5.76 Å². The van der Waals surface area contributed by atoms with Gasteiger partial charge in [0.2, 0.25) is 0 Å². The molecular weight excluding hydrogens is 184 g/mol. The van der Waals surface area contributed by atoms with Gasteiger partial charge in [0.1, 0.15) is 5.03 Å². The SMILES string of the molecule is C=S(=O)(c1ccccn1)C(F)F. The van der Waals surface area contributed by atoms with E-state index in [2.05, 4.69) is 10.9 Å². The highest BCUT2D eigenvalue weighted by Gasteiger charge is 2.20. The highest BCUT2D eigenvalue weighted by molar-refractivity contribution is 8.00. The van der Waals surface area contributed by atoms with Crippen LogP contribution in [0, 0.1) is 0 Å². The first kappa shape index (κ1) is 9.12. The van der Waals surface area contributed by atoms with Gasteiger partial charge in [0.25, 0.3) is 0 Å². The van der Waals surface area contributed by atoms with E-state index < -0.39 is 15.3 Å². The molecule has 0 N–H and O–H groups in total. The molecule has 2 nitrogen and oxygen atoms in total. The highest BCUT2D eigenvalue weighted by Crippen LogP contribution is 2.14. The monoisotopic (exact) mass is 191 g/mol. The first-order valence-corrected chi connectivity index (χ1v) is 4.89. The highest BCUT2D eigenvalue weighted by atomic mass is 32.2. The van der Waals surface area contributed by atoms with E-state index in [1.807, 2.05) is 0 Å². The molecule has 0 aliphatic carbocycles. The second kappa shape index (κ2) is 3.18. The van der Waals surface area contributed by atoms with Crippen molar-refractivity contribution >= 4 is 15.4 Å². The standard InChI is InChI=1S/C7H7F2NOS/c1-12(11,7(8)9)6-4-2-3-5-10-6/h2-5,7H,1H2. The molecule has 66 valence electrons. The quantitative estimate of drug-likeness (QED) is 0.661. The van der Waals surface area contributed by atoms with Crippen molar-refractivity contribution in [1.29, 1.82) is 0 Å². The van der Waals surface area contributed by atoms with Crippen LogP contribution in [0.2, 0.25) is 0 Å². The van der Waals surface area contributed by atoms with Crippen LogP contribution in [-0.2, 0) is 9.52 Å². The molecule has 0 amide bonds. The van der Waals surface area contributed by atoms with Gasteiger partial charge in [-0.05, 0) is 18.0 Å². The van der Waals surface area contributed by atoms with Crippen LogP contribution in [0.4, 0.5) is 8.78 Å². The van der Waals surface area contributed by atoms with Gasteiger partial charge in [0, 0.05) is 6.20 Å². The summed E-state index contributed by atoms with van der Waals surface area (Å²) in [6.45, 7) is 0. The molecule has 0 aromatic carbocycles. The van der Waals surface area contributed by atoms with Crippen LogP contribution in [0.1, 0.15) is 0 Å². The van der Waals surface area contributed by atoms with Crippen molar-refractivity contribution in [3.8, 4) is 0 Å². The van der Waals surface area contributed by atoms with Gasteiger partial charge in [-0.3, -0.25) is 4.21 Å². The zero-order valence-electron chi connectivity index (χ0n) is 6.11. The molecule has 0 fully saturated rings. The molecule has 0 aliphatic heterocycles. The van der Waals surface area contributed by atoms with E-state index >= 15 is 0 Å². The molecule has 1 heterocycles. The van der Waals surface area contributed by atoms with E-state index in [4.69, 9.17) is 0 Å². The Hall–Kier alpha value is -0.970. The van der Waals surface area contributed by atoms with Crippen molar-refractivity contribution in [3.63, 3.8) is 0 Å². The Morgan fingerprint density at radius 2 is 2.17 bits per heavy atom. The molecule has 0 bridgehead atoms. The second-order valence-electron chi connectivity index (χ2n) is 2.15. The third kappa shape index (κ3) is 1.61. The average Bonchev–Trinajstić information content (AvgIpc) is 2.06. The smallest absolute Gasteiger partial charge is 0.256 e. The predicted octanol–water partition coefficient (Wildman–Crippen LogP) is 1.38. The van der Waals surface area contributed by atoms with Gasteiger partial charge in [0.05, 0.1) is 9.52 Å². The van der Waals surface area contributed by atoms with Gasteiger partial charge in [-0.1, -0.05) is 6.07 Å². The van der Waals surface area contributed by atoms with Crippen molar-refractivity contribution in [2.75, 3.05) is 0 Å². The van der Waals surface area contributed by atoms with Gasteiger partial charge in [0.15, 0.2) is 0 Å². The Balaban J connectivity index is 3.17. The van der Waals surface area contributed by atoms with Crippen molar-refractivity contribution in [2.24, 2.45) is 0 Å². The summed E-state index contributed by atoms with van der Waals surface area (Å²) in [6, 6.07) is 4.33. The summed E-state index contributed by atoms with van der Waals surface area (Å²) < 4.78 is 35.4. The van der Waals surface area contributed by atoms with Gasteiger partial charge in [-0.2, -0.15) is 8.78 Å². The topological polar surface area (TPSA) is 30.0 Å². The fourth-order valence-electron chi connectivity index (χ4n) is 0.643. The average molecular weight is 191 g/mol. The van der Waals surface area contributed by atoms with Crippen molar-refractivity contribution < 1.29 is 13.0 Å². The predicted molar refractivity (Wildman–Crippen MR) is 43.8 cm³/mol. The van der Waals surface area contributed by atoms with E-state index in [-0.39, 0.29) is 5.03 Å². The van der Waals surface area contributed by atoms with Crippen LogP contribution in [0.5, 0.6) is 0 Å². The van der Waals surface area contributed by atoms with Crippen LogP contribution in [0.25, 0.3) is 0 Å². The van der Waals surface area contributed by atoms with Crippen molar-refractivity contribution in [1.82, 2.24) is 4.98 Å². The fraction of sp³-hybridized carbons (Fsp3) is 0.143. The first-order chi connectivity index (χ1) is 5.55. The van der Waals surface area contributed by atoms with Crippen molar-refractivity contribution in [3.05, 3.63) is 24.4 Å². The van der Waals surface area contributed by atoms with E-state index in [1.165, 1.54) is 18.3 Å². The molecule has 1 aromatic rings. The largest absolute Gasteiger partial charge is 0.310 e. The Morgan fingerprint density at radius 1 is 1.50 bits per heavy atom. The summed E-state index contributed by atoms with van der Waals surface area (Å²) in [4.78, 5) is 3.55. The van der Waals surface area contributed by atoms with Crippen molar-refractivity contribution in [2.45, 2.75) is 10.8 Å². The minimum atomic E-state index is -3.52. The lowest BCUT2D eigenvalue weighted by Crippen LogP contribution is -2.12. The van der Waals surface area contributed by atoms with Crippen LogP contribution in [0.15, 0.2) is 29.4 Å². The second-order valence-corrected chi connectivity index (χ2v) is 4.38. The third-order valence-corrected chi connectivity index (χ3v) is 2.80. The third-order valence-electron chi connectivity index (χ3n) is 1.28. The molecular formula is C7H7F2NOS. The molecule has 12 heavy (non-hydrogen) atoms. The fourth-order valence-corrected chi connectivity index (χ4v) is 1.37. The van der Waals surface area contributed by atoms with Crippen LogP contribution < -0.4 is 0 Å². The molecule has 0 radical (unpaired) electrons. The van der Waals surface area contributed by atoms with Gasteiger partial charge in [-0.15, -0.1) is 0 Å². The lowest BCUT2D eigenvalue weighted by atomic mass is 10.5. The molecule has 0 spiro atoms. The molecule has 1 atom stereocenters. The maximum atomic E-state index is 12.1.